The van der Waals surface area contributed by atoms with Gasteiger partial charge in [0.2, 0.25) is 0 Å². The van der Waals surface area contributed by atoms with Crippen LogP contribution in [0.1, 0.15) is 5.82 Å². The fourth-order valence-electron chi connectivity index (χ4n) is 1.08. The summed E-state index contributed by atoms with van der Waals surface area (Å²) in [7, 11) is 1.69. The van der Waals surface area contributed by atoms with Gasteiger partial charge in [0.25, 0.3) is 0 Å². The zero-order valence-corrected chi connectivity index (χ0v) is 10.1. The van der Waals surface area contributed by atoms with E-state index < -0.39 is 0 Å². The molecule has 1 heterocycles. The molecule has 86 valence electrons. The summed E-state index contributed by atoms with van der Waals surface area (Å²) in [6.07, 6.45) is 3.87. The van der Waals surface area contributed by atoms with Crippen molar-refractivity contribution < 1.29 is 4.74 Å². The number of rotatable bonds is 8. The summed E-state index contributed by atoms with van der Waals surface area (Å²) in [6.45, 7) is 3.17. The number of thioether (sulfide) groups is 1. The Kier molecular flexibility index (Phi) is 6.38. The number of nitrogens with one attached hydrogen (secondary N) is 1. The third-order valence-corrected chi connectivity index (χ3v) is 2.47. The van der Waals surface area contributed by atoms with Crippen molar-refractivity contribution in [2.75, 3.05) is 32.3 Å². The lowest BCUT2D eigenvalue weighted by atomic mass is 10.5. The molecule has 0 fully saturated rings. The molecule has 15 heavy (non-hydrogen) atoms. The molecule has 1 rings (SSSR count). The number of ether oxygens (including phenoxy) is 1. The van der Waals surface area contributed by atoms with Crippen LogP contribution in [0, 0.1) is 0 Å². The Morgan fingerprint density at radius 1 is 1.60 bits per heavy atom. The van der Waals surface area contributed by atoms with Crippen LogP contribution in [0.5, 0.6) is 0 Å². The van der Waals surface area contributed by atoms with Crippen molar-refractivity contribution in [3.8, 4) is 0 Å². The van der Waals surface area contributed by atoms with E-state index in [9.17, 15) is 0 Å². The van der Waals surface area contributed by atoms with E-state index in [1.807, 2.05) is 16.4 Å². The third kappa shape index (κ3) is 5.15. The van der Waals surface area contributed by atoms with Gasteiger partial charge in [-0.15, -0.1) is 0 Å². The van der Waals surface area contributed by atoms with Crippen LogP contribution >= 0.6 is 11.8 Å². The van der Waals surface area contributed by atoms with Crippen LogP contribution in [0.2, 0.25) is 0 Å². The van der Waals surface area contributed by atoms with Crippen LogP contribution < -0.4 is 5.32 Å². The van der Waals surface area contributed by atoms with Gasteiger partial charge in [0, 0.05) is 19.4 Å². The van der Waals surface area contributed by atoms with Gasteiger partial charge in [-0.2, -0.15) is 16.9 Å². The average Bonchev–Trinajstić information content (AvgIpc) is 2.69. The number of hydrogen-bond donors (Lipinski definition) is 1. The van der Waals surface area contributed by atoms with Crippen LogP contribution in [0.15, 0.2) is 6.33 Å². The minimum absolute atomic E-state index is 0.704. The Balaban J connectivity index is 2.20. The first-order valence-electron chi connectivity index (χ1n) is 4.93. The highest BCUT2D eigenvalue weighted by Crippen LogP contribution is 1.95. The van der Waals surface area contributed by atoms with Gasteiger partial charge in [-0.25, -0.2) is 4.98 Å². The quantitative estimate of drug-likeness (QED) is 0.654. The summed E-state index contributed by atoms with van der Waals surface area (Å²) in [5.74, 6) is 1.91. The van der Waals surface area contributed by atoms with Gasteiger partial charge in [-0.1, -0.05) is 0 Å². The molecule has 0 aliphatic carbocycles. The van der Waals surface area contributed by atoms with E-state index in [1.54, 1.807) is 13.4 Å². The lowest BCUT2D eigenvalue weighted by Crippen LogP contribution is -2.19. The van der Waals surface area contributed by atoms with Crippen LogP contribution in [0.25, 0.3) is 0 Å². The first-order chi connectivity index (χ1) is 7.36. The molecule has 0 atom stereocenters. The molecule has 0 unspecified atom stereocenters. The van der Waals surface area contributed by atoms with Gasteiger partial charge in [-0.3, -0.25) is 4.68 Å². The molecular formula is C9H18N4OS. The Morgan fingerprint density at radius 3 is 3.20 bits per heavy atom. The van der Waals surface area contributed by atoms with Crippen molar-refractivity contribution >= 4 is 11.8 Å². The van der Waals surface area contributed by atoms with Crippen molar-refractivity contribution in [1.29, 1.82) is 0 Å². The number of aryl methyl sites for hydroxylation is 1. The largest absolute Gasteiger partial charge is 0.383 e. The van der Waals surface area contributed by atoms with Crippen molar-refractivity contribution in [2.45, 2.75) is 13.1 Å². The molecule has 5 nitrogen and oxygen atoms in total. The standard InChI is InChI=1S/C9H18N4OS/c1-14-5-3-10-7-9-11-8-13(12-9)4-6-15-2/h8,10H,3-7H2,1-2H3. The van der Waals surface area contributed by atoms with Crippen molar-refractivity contribution in [3.05, 3.63) is 12.2 Å². The molecule has 1 N–H and O–H groups in total. The lowest BCUT2D eigenvalue weighted by molar-refractivity contribution is 0.199. The second-order valence-corrected chi connectivity index (χ2v) is 4.07. The molecule has 0 aliphatic heterocycles. The summed E-state index contributed by atoms with van der Waals surface area (Å²) >= 11 is 1.81. The predicted molar refractivity (Wildman–Crippen MR) is 62.0 cm³/mol. The molecule has 0 radical (unpaired) electrons. The van der Waals surface area contributed by atoms with Crippen LogP contribution in [-0.2, 0) is 17.8 Å². The molecule has 0 spiro atoms. The molecule has 0 saturated carbocycles. The van der Waals surface area contributed by atoms with E-state index in [0.29, 0.717) is 13.2 Å². The Labute approximate surface area is 94.6 Å². The molecule has 0 amide bonds. The maximum absolute atomic E-state index is 4.93. The van der Waals surface area contributed by atoms with E-state index in [2.05, 4.69) is 21.7 Å². The Morgan fingerprint density at radius 2 is 2.47 bits per heavy atom. The number of nitrogens with zero attached hydrogens (tertiary/aromatic N) is 3. The van der Waals surface area contributed by atoms with E-state index in [0.717, 1.165) is 24.7 Å². The molecule has 6 heteroatoms. The molecular weight excluding hydrogens is 212 g/mol. The fourth-order valence-corrected chi connectivity index (χ4v) is 1.45. The number of methoxy groups -OCH3 is 1. The topological polar surface area (TPSA) is 52.0 Å². The summed E-state index contributed by atoms with van der Waals surface area (Å²) < 4.78 is 6.81. The second-order valence-electron chi connectivity index (χ2n) is 3.09. The predicted octanol–water partition coefficient (Wildman–Crippen LogP) is 0.377. The van der Waals surface area contributed by atoms with E-state index >= 15 is 0 Å². The number of aromatic nitrogens is 3. The second kappa shape index (κ2) is 7.67. The minimum atomic E-state index is 0.704. The summed E-state index contributed by atoms with van der Waals surface area (Å²) in [4.78, 5) is 4.21. The highest BCUT2D eigenvalue weighted by atomic mass is 32.2. The van der Waals surface area contributed by atoms with Gasteiger partial charge in [0.05, 0.1) is 19.7 Å². The maximum Gasteiger partial charge on any atom is 0.164 e. The van der Waals surface area contributed by atoms with E-state index in [1.165, 1.54) is 0 Å². The molecule has 0 aliphatic rings. The summed E-state index contributed by atoms with van der Waals surface area (Å²) in [6, 6.07) is 0. The van der Waals surface area contributed by atoms with Gasteiger partial charge in [-0.05, 0) is 6.26 Å². The van der Waals surface area contributed by atoms with E-state index in [4.69, 9.17) is 4.74 Å². The van der Waals surface area contributed by atoms with Crippen LogP contribution in [-0.4, -0.2) is 47.0 Å². The van der Waals surface area contributed by atoms with Gasteiger partial charge in [0.15, 0.2) is 5.82 Å². The van der Waals surface area contributed by atoms with Crippen LogP contribution in [0.3, 0.4) is 0 Å². The SMILES string of the molecule is COCCNCc1ncn(CCSC)n1. The van der Waals surface area contributed by atoms with Gasteiger partial charge >= 0.3 is 0 Å². The summed E-state index contributed by atoms with van der Waals surface area (Å²) in [5, 5.41) is 7.54. The smallest absolute Gasteiger partial charge is 0.164 e. The number of hydrogen-bond acceptors (Lipinski definition) is 5. The Bertz CT molecular complexity index is 266. The first kappa shape index (κ1) is 12.5. The monoisotopic (exact) mass is 230 g/mol. The summed E-state index contributed by atoms with van der Waals surface area (Å²) in [5.41, 5.74) is 0. The lowest BCUT2D eigenvalue weighted by Gasteiger charge is -2.00. The Hall–Kier alpha value is -0.590. The van der Waals surface area contributed by atoms with Crippen molar-refractivity contribution in [1.82, 2.24) is 20.1 Å². The van der Waals surface area contributed by atoms with Crippen molar-refractivity contribution in [3.63, 3.8) is 0 Å². The zero-order chi connectivity index (χ0) is 10.9. The molecule has 1 aromatic heterocycles. The highest BCUT2D eigenvalue weighted by molar-refractivity contribution is 7.98. The van der Waals surface area contributed by atoms with Gasteiger partial charge in [0.1, 0.15) is 6.33 Å². The van der Waals surface area contributed by atoms with Crippen molar-refractivity contribution in [2.24, 2.45) is 0 Å². The third-order valence-electron chi connectivity index (χ3n) is 1.87. The fraction of sp³-hybridized carbons (Fsp3) is 0.778. The molecule has 0 aromatic carbocycles. The zero-order valence-electron chi connectivity index (χ0n) is 9.27. The maximum atomic E-state index is 4.93. The minimum Gasteiger partial charge on any atom is -0.383 e. The first-order valence-corrected chi connectivity index (χ1v) is 6.33. The molecule has 0 saturated heterocycles. The molecule has 1 aromatic rings. The van der Waals surface area contributed by atoms with E-state index in [-0.39, 0.29) is 0 Å². The van der Waals surface area contributed by atoms with Gasteiger partial charge < -0.3 is 10.1 Å². The van der Waals surface area contributed by atoms with Crippen LogP contribution in [0.4, 0.5) is 0 Å². The highest BCUT2D eigenvalue weighted by Gasteiger charge is 1.99. The normalized spacial score (nSPS) is 10.8. The average molecular weight is 230 g/mol. The molecule has 0 bridgehead atoms.